The Hall–Kier alpha value is -1.81. The molecule has 120 valence electrons. The predicted octanol–water partition coefficient (Wildman–Crippen LogP) is 4.13. The molecule has 1 aromatic carbocycles. The number of rotatable bonds is 3. The molecule has 1 aromatic heterocycles. The molecule has 3 rings (SSSR count). The Balaban J connectivity index is 1.81. The monoisotopic (exact) mass is 326 g/mol. The van der Waals surface area contributed by atoms with Crippen molar-refractivity contribution in [3.8, 4) is 0 Å². The fourth-order valence-corrected chi connectivity index (χ4v) is 3.89. The fourth-order valence-electron chi connectivity index (χ4n) is 3.35. The van der Waals surface area contributed by atoms with E-state index in [4.69, 9.17) is 0 Å². The lowest BCUT2D eigenvalue weighted by Crippen LogP contribution is -2.39. The van der Waals surface area contributed by atoms with Gasteiger partial charge in [0.15, 0.2) is 0 Å². The fraction of sp³-hybridized carbons (Fsp3) is 0.368. The number of thioether (sulfide) groups is 1. The number of piperidine rings is 1. The van der Waals surface area contributed by atoms with Gasteiger partial charge in [-0.3, -0.25) is 4.79 Å². The van der Waals surface area contributed by atoms with E-state index >= 15 is 0 Å². The van der Waals surface area contributed by atoms with E-state index in [1.165, 1.54) is 22.9 Å². The number of aromatic nitrogens is 1. The van der Waals surface area contributed by atoms with E-state index in [1.807, 2.05) is 23.3 Å². The van der Waals surface area contributed by atoms with E-state index in [1.54, 1.807) is 6.20 Å². The van der Waals surface area contributed by atoms with Crippen LogP contribution in [0.4, 0.5) is 0 Å². The van der Waals surface area contributed by atoms with Crippen LogP contribution < -0.4 is 0 Å². The number of hydrogen-bond acceptors (Lipinski definition) is 3. The first-order valence-corrected chi connectivity index (χ1v) is 9.27. The SMILES string of the molecule is CSc1ncccc1C(=O)N1CCCC(c2ccccc2C)C1. The molecule has 1 aliphatic heterocycles. The second-order valence-corrected chi connectivity index (χ2v) is 6.80. The van der Waals surface area contributed by atoms with Crippen LogP contribution in [0.1, 0.15) is 40.2 Å². The molecular formula is C19H22N2OS. The molecule has 1 atom stereocenters. The van der Waals surface area contributed by atoms with Gasteiger partial charge >= 0.3 is 0 Å². The molecule has 4 heteroatoms. The van der Waals surface area contributed by atoms with E-state index in [-0.39, 0.29) is 5.91 Å². The average Bonchev–Trinajstić information content (AvgIpc) is 2.61. The summed E-state index contributed by atoms with van der Waals surface area (Å²) in [6, 6.07) is 12.3. The highest BCUT2D eigenvalue weighted by Gasteiger charge is 2.27. The molecule has 1 aliphatic rings. The Morgan fingerprint density at radius 1 is 1.26 bits per heavy atom. The summed E-state index contributed by atoms with van der Waals surface area (Å²) in [7, 11) is 0. The smallest absolute Gasteiger partial charge is 0.256 e. The Bertz CT molecular complexity index is 701. The van der Waals surface area contributed by atoms with Gasteiger partial charge in [-0.25, -0.2) is 4.98 Å². The third kappa shape index (κ3) is 3.42. The van der Waals surface area contributed by atoms with Gasteiger partial charge in [-0.2, -0.15) is 0 Å². The topological polar surface area (TPSA) is 33.2 Å². The molecule has 1 amide bonds. The van der Waals surface area contributed by atoms with Gasteiger partial charge in [0, 0.05) is 25.2 Å². The molecule has 0 saturated carbocycles. The van der Waals surface area contributed by atoms with Gasteiger partial charge < -0.3 is 4.90 Å². The number of carbonyl (C=O) groups is 1. The quantitative estimate of drug-likeness (QED) is 0.795. The van der Waals surface area contributed by atoms with Gasteiger partial charge in [0.1, 0.15) is 5.03 Å². The number of benzene rings is 1. The Morgan fingerprint density at radius 3 is 2.87 bits per heavy atom. The van der Waals surface area contributed by atoms with Crippen LogP contribution in [-0.2, 0) is 0 Å². The molecule has 2 heterocycles. The lowest BCUT2D eigenvalue weighted by atomic mass is 9.88. The maximum Gasteiger partial charge on any atom is 0.256 e. The zero-order valence-corrected chi connectivity index (χ0v) is 14.5. The van der Waals surface area contributed by atoms with Gasteiger partial charge in [0.25, 0.3) is 5.91 Å². The first kappa shape index (κ1) is 16.1. The number of carbonyl (C=O) groups excluding carboxylic acids is 1. The first-order valence-electron chi connectivity index (χ1n) is 8.04. The van der Waals surface area contributed by atoms with E-state index < -0.39 is 0 Å². The predicted molar refractivity (Wildman–Crippen MR) is 95.1 cm³/mol. The number of aryl methyl sites for hydroxylation is 1. The van der Waals surface area contributed by atoms with Gasteiger partial charge in [-0.15, -0.1) is 11.8 Å². The summed E-state index contributed by atoms with van der Waals surface area (Å²) in [5.41, 5.74) is 3.42. The maximum absolute atomic E-state index is 12.9. The van der Waals surface area contributed by atoms with Crippen LogP contribution in [0.5, 0.6) is 0 Å². The highest BCUT2D eigenvalue weighted by atomic mass is 32.2. The van der Waals surface area contributed by atoms with Gasteiger partial charge in [0.2, 0.25) is 0 Å². The zero-order chi connectivity index (χ0) is 16.2. The van der Waals surface area contributed by atoms with Crippen molar-refractivity contribution in [2.75, 3.05) is 19.3 Å². The van der Waals surface area contributed by atoms with Crippen molar-refractivity contribution in [2.45, 2.75) is 30.7 Å². The Morgan fingerprint density at radius 2 is 2.09 bits per heavy atom. The van der Waals surface area contributed by atoms with E-state index in [0.29, 0.717) is 5.92 Å². The largest absolute Gasteiger partial charge is 0.338 e. The summed E-state index contributed by atoms with van der Waals surface area (Å²) >= 11 is 1.53. The number of pyridine rings is 1. The van der Waals surface area contributed by atoms with Crippen molar-refractivity contribution in [1.82, 2.24) is 9.88 Å². The lowest BCUT2D eigenvalue weighted by Gasteiger charge is -2.34. The molecule has 0 bridgehead atoms. The van der Waals surface area contributed by atoms with Crippen LogP contribution in [-0.4, -0.2) is 35.1 Å². The van der Waals surface area contributed by atoms with Crippen LogP contribution in [0.3, 0.4) is 0 Å². The second-order valence-electron chi connectivity index (χ2n) is 6.01. The first-order chi connectivity index (χ1) is 11.2. The standard InChI is InChI=1S/C19H22N2OS/c1-14-7-3-4-9-16(14)15-8-6-12-21(13-15)19(22)17-10-5-11-20-18(17)23-2/h3-5,7,9-11,15H,6,8,12-13H2,1-2H3. The summed E-state index contributed by atoms with van der Waals surface area (Å²) in [5.74, 6) is 0.545. The molecule has 0 spiro atoms. The van der Waals surface area contributed by atoms with E-state index in [0.717, 1.165) is 36.5 Å². The van der Waals surface area contributed by atoms with Gasteiger partial charge in [-0.1, -0.05) is 24.3 Å². The van der Waals surface area contributed by atoms with Crippen LogP contribution in [0.15, 0.2) is 47.6 Å². The summed E-state index contributed by atoms with van der Waals surface area (Å²) < 4.78 is 0. The average molecular weight is 326 g/mol. The molecule has 1 fully saturated rings. The number of nitrogens with zero attached hydrogens (tertiary/aromatic N) is 2. The zero-order valence-electron chi connectivity index (χ0n) is 13.7. The van der Waals surface area contributed by atoms with Crippen molar-refractivity contribution in [3.63, 3.8) is 0 Å². The van der Waals surface area contributed by atoms with Crippen LogP contribution in [0.2, 0.25) is 0 Å². The van der Waals surface area contributed by atoms with Crippen LogP contribution in [0.25, 0.3) is 0 Å². The highest BCUT2D eigenvalue weighted by molar-refractivity contribution is 7.98. The molecule has 0 N–H and O–H groups in total. The minimum atomic E-state index is 0.112. The molecule has 2 aromatic rings. The lowest BCUT2D eigenvalue weighted by molar-refractivity contribution is 0.0702. The Labute approximate surface area is 142 Å². The summed E-state index contributed by atoms with van der Waals surface area (Å²) in [6.45, 7) is 3.79. The summed E-state index contributed by atoms with van der Waals surface area (Å²) in [5, 5.41) is 0.815. The molecule has 23 heavy (non-hydrogen) atoms. The highest BCUT2D eigenvalue weighted by Crippen LogP contribution is 2.30. The minimum absolute atomic E-state index is 0.112. The van der Waals surface area contributed by atoms with Crippen molar-refractivity contribution in [3.05, 3.63) is 59.3 Å². The molecule has 0 radical (unpaired) electrons. The Kier molecular flexibility index (Phi) is 5.01. The van der Waals surface area contributed by atoms with Crippen molar-refractivity contribution < 1.29 is 4.79 Å². The molecule has 1 saturated heterocycles. The number of likely N-dealkylation sites (tertiary alicyclic amines) is 1. The molecular weight excluding hydrogens is 304 g/mol. The van der Waals surface area contributed by atoms with Crippen LogP contribution >= 0.6 is 11.8 Å². The molecule has 0 aliphatic carbocycles. The van der Waals surface area contributed by atoms with E-state index in [9.17, 15) is 4.79 Å². The summed E-state index contributed by atoms with van der Waals surface area (Å²) in [4.78, 5) is 19.2. The minimum Gasteiger partial charge on any atom is -0.338 e. The van der Waals surface area contributed by atoms with Gasteiger partial charge in [-0.05, 0) is 49.3 Å². The van der Waals surface area contributed by atoms with E-state index in [2.05, 4.69) is 36.2 Å². The maximum atomic E-state index is 12.9. The third-order valence-electron chi connectivity index (χ3n) is 4.53. The molecule has 3 nitrogen and oxygen atoms in total. The van der Waals surface area contributed by atoms with Crippen molar-refractivity contribution in [2.24, 2.45) is 0 Å². The second kappa shape index (κ2) is 7.18. The third-order valence-corrected chi connectivity index (χ3v) is 5.24. The number of hydrogen-bond donors (Lipinski definition) is 0. The number of amides is 1. The normalized spacial score (nSPS) is 18.0. The van der Waals surface area contributed by atoms with Crippen molar-refractivity contribution >= 4 is 17.7 Å². The summed E-state index contributed by atoms with van der Waals surface area (Å²) in [6.07, 6.45) is 5.91. The molecule has 1 unspecified atom stereocenters. The van der Waals surface area contributed by atoms with Gasteiger partial charge in [0.05, 0.1) is 5.56 Å². The van der Waals surface area contributed by atoms with Crippen LogP contribution in [0, 0.1) is 6.92 Å². The van der Waals surface area contributed by atoms with Crippen molar-refractivity contribution in [1.29, 1.82) is 0 Å².